The molecule has 4 rings (SSSR count). The lowest BCUT2D eigenvalue weighted by Crippen LogP contribution is -2.19. The van der Waals surface area contributed by atoms with Gasteiger partial charge in [-0.15, -0.1) is 10.2 Å². The van der Waals surface area contributed by atoms with Gasteiger partial charge < -0.3 is 10.4 Å². The summed E-state index contributed by atoms with van der Waals surface area (Å²) in [5.74, 6) is 0. The van der Waals surface area contributed by atoms with Gasteiger partial charge in [-0.1, -0.05) is 11.3 Å². The quantitative estimate of drug-likeness (QED) is 0.429. The number of anilines is 1. The van der Waals surface area contributed by atoms with Gasteiger partial charge in [0.15, 0.2) is 5.01 Å². The number of nitrogens with one attached hydrogen (secondary N) is 1. The number of fused-ring (bicyclic) bond motifs is 1. The highest BCUT2D eigenvalue weighted by atomic mass is 32.1. The second kappa shape index (κ2) is 8.65. The van der Waals surface area contributed by atoms with Crippen molar-refractivity contribution in [1.82, 2.24) is 24.8 Å². The Morgan fingerprint density at radius 1 is 1.28 bits per heavy atom. The lowest BCUT2D eigenvalue weighted by molar-refractivity contribution is 0.0713. The molecule has 4 aromatic rings. The average molecular weight is 454 g/mol. The number of aryl methyl sites for hydroxylation is 1. The summed E-state index contributed by atoms with van der Waals surface area (Å²) in [7, 11) is 0. The van der Waals surface area contributed by atoms with E-state index in [0.29, 0.717) is 26.8 Å². The summed E-state index contributed by atoms with van der Waals surface area (Å²) in [5.41, 5.74) is 1.11. The Bertz CT molecular complexity index is 1490. The number of rotatable bonds is 7. The van der Waals surface area contributed by atoms with E-state index in [1.54, 1.807) is 16.8 Å². The maximum atomic E-state index is 10.5. The zero-order valence-corrected chi connectivity index (χ0v) is 18.3. The third-order valence-corrected chi connectivity index (χ3v) is 5.65. The van der Waals surface area contributed by atoms with Crippen LogP contribution in [0.1, 0.15) is 52.8 Å². The van der Waals surface area contributed by atoms with E-state index in [9.17, 15) is 5.11 Å². The van der Waals surface area contributed by atoms with Crippen molar-refractivity contribution in [3.05, 3.63) is 47.2 Å². The van der Waals surface area contributed by atoms with E-state index >= 15 is 0 Å². The molecule has 0 spiro atoms. The second-order valence-electron chi connectivity index (χ2n) is 7.69. The highest BCUT2D eigenvalue weighted by Gasteiger charge is 2.18. The minimum Gasteiger partial charge on any atom is -0.390 e. The smallest absolute Gasteiger partial charge is 0.151 e. The van der Waals surface area contributed by atoms with Crippen LogP contribution >= 0.6 is 11.3 Å². The number of pyridine rings is 1. The van der Waals surface area contributed by atoms with Crippen LogP contribution in [0.15, 0.2) is 36.7 Å². The Balaban J connectivity index is 1.65. The van der Waals surface area contributed by atoms with E-state index in [1.807, 2.05) is 32.0 Å². The highest BCUT2D eigenvalue weighted by molar-refractivity contribution is 7.14. The van der Waals surface area contributed by atoms with Crippen molar-refractivity contribution >= 4 is 22.5 Å². The van der Waals surface area contributed by atoms with Crippen molar-refractivity contribution in [2.75, 3.05) is 5.32 Å². The van der Waals surface area contributed by atoms with Crippen molar-refractivity contribution in [2.24, 2.45) is 0 Å². The molecule has 164 valence electrons. The van der Waals surface area contributed by atoms with E-state index in [0.717, 1.165) is 16.9 Å². The molecule has 0 atom stereocenters. The van der Waals surface area contributed by atoms with Crippen LogP contribution in [0.25, 0.3) is 27.5 Å². The molecule has 0 radical (unpaired) electrons. The topological polar surface area (TPSA) is 112 Å². The van der Waals surface area contributed by atoms with Crippen LogP contribution in [-0.4, -0.2) is 41.5 Å². The summed E-state index contributed by atoms with van der Waals surface area (Å²) >= 11 is 1.17. The predicted molar refractivity (Wildman–Crippen MR) is 125 cm³/mol. The third-order valence-electron chi connectivity index (χ3n) is 4.64. The molecule has 0 aliphatic rings. The first-order valence-corrected chi connectivity index (χ1v) is 10.7. The summed E-state index contributed by atoms with van der Waals surface area (Å²) in [4.78, 5) is 4.60. The van der Waals surface area contributed by atoms with E-state index in [-0.39, 0.29) is 12.5 Å². The van der Waals surface area contributed by atoms with Gasteiger partial charge in [-0.25, -0.2) is 4.52 Å². The zero-order chi connectivity index (χ0) is 27.9. The molecule has 4 aromatic heterocycles. The lowest BCUT2D eigenvalue weighted by Gasteiger charge is -2.15. The van der Waals surface area contributed by atoms with Crippen molar-refractivity contribution in [3.63, 3.8) is 0 Å². The third kappa shape index (κ3) is 4.77. The van der Waals surface area contributed by atoms with Crippen molar-refractivity contribution in [1.29, 1.82) is 5.26 Å². The minimum absolute atomic E-state index is 0.0735. The molecule has 0 fully saturated rings. The van der Waals surface area contributed by atoms with E-state index in [4.69, 9.17) is 13.5 Å². The molecule has 0 saturated carbocycles. The molecular weight excluding hydrogens is 422 g/mol. The monoisotopic (exact) mass is 453 g/mol. The van der Waals surface area contributed by atoms with E-state index in [1.165, 1.54) is 17.5 Å². The van der Waals surface area contributed by atoms with Crippen LogP contribution in [0.4, 0.5) is 5.69 Å². The zero-order valence-electron chi connectivity index (χ0n) is 23.5. The Hall–Kier alpha value is -3.35. The fourth-order valence-corrected chi connectivity index (χ4v) is 4.07. The summed E-state index contributed by atoms with van der Waals surface area (Å²) in [6, 6.07) is 9.47. The Morgan fingerprint density at radius 3 is 2.88 bits per heavy atom. The molecular formula is C23H25N7OS. The van der Waals surface area contributed by atoms with Gasteiger partial charge >= 0.3 is 0 Å². The molecule has 8 nitrogen and oxygen atoms in total. The number of nitrogens with zero attached hydrogens (tertiary/aromatic N) is 6. The normalized spacial score (nSPS) is 15.3. The molecule has 2 N–H and O–H groups in total. The molecule has 0 unspecified atom stereocenters. The molecule has 0 amide bonds. The SMILES string of the molecule is [2H]C([2H])([2H])C(O)(CCc1nnc(-c2cnc(-c3ccc4cc(C#N)cnn34)cc2NC(C)C)s1)C([2H])([2H])[2H]. The maximum Gasteiger partial charge on any atom is 0.151 e. The van der Waals surface area contributed by atoms with Gasteiger partial charge in [0.05, 0.1) is 39.8 Å². The molecule has 0 aliphatic carbocycles. The molecule has 0 aromatic carbocycles. The first-order valence-electron chi connectivity index (χ1n) is 12.9. The van der Waals surface area contributed by atoms with Crippen LogP contribution in [0, 0.1) is 11.3 Å². The van der Waals surface area contributed by atoms with Gasteiger partial charge in [0.25, 0.3) is 0 Å². The second-order valence-corrected chi connectivity index (χ2v) is 8.75. The molecule has 0 aliphatic heterocycles. The highest BCUT2D eigenvalue weighted by Crippen LogP contribution is 2.34. The number of hydrogen-bond acceptors (Lipinski definition) is 8. The maximum absolute atomic E-state index is 10.5. The Morgan fingerprint density at radius 2 is 2.12 bits per heavy atom. The van der Waals surface area contributed by atoms with Crippen molar-refractivity contribution in [2.45, 2.75) is 52.0 Å². The molecule has 32 heavy (non-hydrogen) atoms. The molecule has 4 heterocycles. The largest absolute Gasteiger partial charge is 0.390 e. The van der Waals surface area contributed by atoms with Gasteiger partial charge in [0.1, 0.15) is 11.1 Å². The van der Waals surface area contributed by atoms with Gasteiger partial charge in [-0.3, -0.25) is 4.98 Å². The fraction of sp³-hybridized carbons (Fsp3) is 0.348. The van der Waals surface area contributed by atoms with Crippen molar-refractivity contribution < 1.29 is 13.3 Å². The number of aromatic nitrogens is 5. The standard InChI is InChI=1S/C23H25N7OS/c1-14(2)27-18-10-19(20-6-5-16-9-15(11-24)12-26-30(16)20)25-13-17(18)22-29-28-21(32-22)7-8-23(3,4)31/h5-6,9-10,12-14,31H,7-8H2,1-4H3,(H,25,27)/i3D3,4D3. The summed E-state index contributed by atoms with van der Waals surface area (Å²) in [6.45, 7) is -2.21. The lowest BCUT2D eigenvalue weighted by atomic mass is 10.0. The van der Waals surface area contributed by atoms with Gasteiger partial charge in [-0.05, 0) is 58.2 Å². The predicted octanol–water partition coefficient (Wildman–Crippen LogP) is 4.31. The van der Waals surface area contributed by atoms with Gasteiger partial charge in [0, 0.05) is 32.6 Å². The number of aliphatic hydroxyl groups is 1. The first-order chi connectivity index (χ1) is 17.7. The summed E-state index contributed by atoms with van der Waals surface area (Å²) < 4.78 is 47.0. The van der Waals surface area contributed by atoms with E-state index < -0.39 is 25.7 Å². The fourth-order valence-electron chi connectivity index (χ4n) is 3.20. The van der Waals surface area contributed by atoms with Crippen LogP contribution in [0.3, 0.4) is 0 Å². The first kappa shape index (κ1) is 15.5. The number of nitriles is 1. The number of hydrogen-bond donors (Lipinski definition) is 2. The van der Waals surface area contributed by atoms with Gasteiger partial charge in [-0.2, -0.15) is 10.4 Å². The molecule has 9 heteroatoms. The summed E-state index contributed by atoms with van der Waals surface area (Å²) in [5, 5.41) is 36.6. The molecule has 0 bridgehead atoms. The van der Waals surface area contributed by atoms with E-state index in [2.05, 4.69) is 31.7 Å². The summed E-state index contributed by atoms with van der Waals surface area (Å²) in [6.07, 6.45) is 2.54. The van der Waals surface area contributed by atoms with Crippen LogP contribution in [-0.2, 0) is 6.42 Å². The molecule has 0 saturated heterocycles. The Kier molecular flexibility index (Phi) is 4.18. The minimum atomic E-state index is -3.09. The van der Waals surface area contributed by atoms with Crippen LogP contribution < -0.4 is 5.32 Å². The van der Waals surface area contributed by atoms with Crippen LogP contribution in [0.2, 0.25) is 0 Å². The Labute approximate surface area is 199 Å². The van der Waals surface area contributed by atoms with Gasteiger partial charge in [0.2, 0.25) is 0 Å². The van der Waals surface area contributed by atoms with Crippen LogP contribution in [0.5, 0.6) is 0 Å². The average Bonchev–Trinajstić information content (AvgIpc) is 3.47. The van der Waals surface area contributed by atoms with Crippen molar-refractivity contribution in [3.8, 4) is 28.0 Å².